The molecule has 2 aromatic heterocycles. The molecule has 1 N–H and O–H groups in total. The van der Waals surface area contributed by atoms with Gasteiger partial charge in [0.05, 0.1) is 0 Å². The van der Waals surface area contributed by atoms with Gasteiger partial charge in [-0.15, -0.1) is 11.3 Å². The molecule has 0 amide bonds. The molecular formula is C9H11N3S. The summed E-state index contributed by atoms with van der Waals surface area (Å²) >= 11 is 1.60. The molecule has 0 unspecified atom stereocenters. The van der Waals surface area contributed by atoms with E-state index in [0.29, 0.717) is 0 Å². The Morgan fingerprint density at radius 2 is 2.00 bits per heavy atom. The SMILES string of the molecule is Cc1ccc(C)n1Nc1nccs1. The van der Waals surface area contributed by atoms with Crippen LogP contribution >= 0.6 is 11.3 Å². The molecule has 2 heterocycles. The van der Waals surface area contributed by atoms with Crippen molar-refractivity contribution >= 4 is 16.5 Å². The number of thiazole rings is 1. The van der Waals surface area contributed by atoms with Crippen LogP contribution in [0.3, 0.4) is 0 Å². The predicted molar refractivity (Wildman–Crippen MR) is 55.0 cm³/mol. The lowest BCUT2D eigenvalue weighted by Crippen LogP contribution is -2.11. The monoisotopic (exact) mass is 193 g/mol. The first-order valence-corrected chi connectivity index (χ1v) is 4.97. The molecule has 13 heavy (non-hydrogen) atoms. The summed E-state index contributed by atoms with van der Waals surface area (Å²) in [4.78, 5) is 4.16. The van der Waals surface area contributed by atoms with E-state index in [-0.39, 0.29) is 0 Å². The fraction of sp³-hybridized carbons (Fsp3) is 0.222. The normalized spacial score (nSPS) is 10.3. The first kappa shape index (κ1) is 8.31. The van der Waals surface area contributed by atoms with E-state index in [2.05, 4.69) is 36.4 Å². The highest BCUT2D eigenvalue weighted by Gasteiger charge is 2.01. The number of anilines is 1. The lowest BCUT2D eigenvalue weighted by Gasteiger charge is -2.08. The first-order chi connectivity index (χ1) is 6.27. The van der Waals surface area contributed by atoms with Gasteiger partial charge in [-0.25, -0.2) is 4.98 Å². The number of hydrogen-bond acceptors (Lipinski definition) is 3. The van der Waals surface area contributed by atoms with Crippen molar-refractivity contribution < 1.29 is 0 Å². The second kappa shape index (κ2) is 3.22. The van der Waals surface area contributed by atoms with Crippen molar-refractivity contribution in [2.45, 2.75) is 13.8 Å². The van der Waals surface area contributed by atoms with E-state index in [1.165, 1.54) is 11.4 Å². The van der Waals surface area contributed by atoms with Gasteiger partial charge in [0.2, 0.25) is 5.13 Å². The molecule has 0 saturated heterocycles. The highest BCUT2D eigenvalue weighted by molar-refractivity contribution is 7.13. The van der Waals surface area contributed by atoms with Crippen LogP contribution < -0.4 is 5.43 Å². The summed E-state index contributed by atoms with van der Waals surface area (Å²) in [6.07, 6.45) is 1.79. The van der Waals surface area contributed by atoms with E-state index < -0.39 is 0 Å². The third kappa shape index (κ3) is 1.58. The van der Waals surface area contributed by atoms with Crippen LogP contribution in [0.1, 0.15) is 11.4 Å². The van der Waals surface area contributed by atoms with E-state index in [0.717, 1.165) is 5.13 Å². The molecule has 0 saturated carbocycles. The van der Waals surface area contributed by atoms with Crippen molar-refractivity contribution in [3.8, 4) is 0 Å². The van der Waals surface area contributed by atoms with Crippen molar-refractivity contribution in [1.82, 2.24) is 9.66 Å². The summed E-state index contributed by atoms with van der Waals surface area (Å²) in [6, 6.07) is 4.16. The Bertz CT molecular complexity index is 369. The Morgan fingerprint density at radius 3 is 2.54 bits per heavy atom. The molecule has 3 nitrogen and oxygen atoms in total. The van der Waals surface area contributed by atoms with Crippen molar-refractivity contribution in [3.05, 3.63) is 35.1 Å². The molecule has 0 bridgehead atoms. The standard InChI is InChI=1S/C9H11N3S/c1-7-3-4-8(2)12(7)11-9-10-5-6-13-9/h3-6H,1-2H3,(H,10,11). The molecular weight excluding hydrogens is 182 g/mol. The van der Waals surface area contributed by atoms with Gasteiger partial charge in [0.15, 0.2) is 0 Å². The van der Waals surface area contributed by atoms with Crippen molar-refractivity contribution in [3.63, 3.8) is 0 Å². The molecule has 2 rings (SSSR count). The first-order valence-electron chi connectivity index (χ1n) is 4.09. The van der Waals surface area contributed by atoms with E-state index in [4.69, 9.17) is 0 Å². The average molecular weight is 193 g/mol. The molecule has 0 fully saturated rings. The van der Waals surface area contributed by atoms with Crippen LogP contribution in [0.2, 0.25) is 0 Å². The molecule has 0 aliphatic carbocycles. The van der Waals surface area contributed by atoms with Crippen LogP contribution in [0.4, 0.5) is 5.13 Å². The summed E-state index contributed by atoms with van der Waals surface area (Å²) in [5.74, 6) is 0. The molecule has 68 valence electrons. The summed E-state index contributed by atoms with van der Waals surface area (Å²) in [6.45, 7) is 4.13. The van der Waals surface area contributed by atoms with Gasteiger partial charge >= 0.3 is 0 Å². The van der Waals surface area contributed by atoms with Gasteiger partial charge in [-0.1, -0.05) is 0 Å². The number of aromatic nitrogens is 2. The van der Waals surface area contributed by atoms with Crippen LogP contribution in [-0.4, -0.2) is 9.66 Å². The molecule has 0 spiro atoms. The Labute approximate surface area is 81.0 Å². The fourth-order valence-corrected chi connectivity index (χ4v) is 1.74. The van der Waals surface area contributed by atoms with Crippen LogP contribution in [0.15, 0.2) is 23.7 Å². The molecule has 0 aliphatic heterocycles. The van der Waals surface area contributed by atoms with Crippen LogP contribution in [0.5, 0.6) is 0 Å². The largest absolute Gasteiger partial charge is 0.269 e. The molecule has 2 aromatic rings. The molecule has 0 atom stereocenters. The quantitative estimate of drug-likeness (QED) is 0.794. The van der Waals surface area contributed by atoms with Crippen molar-refractivity contribution in [2.24, 2.45) is 0 Å². The maximum absolute atomic E-state index is 4.16. The van der Waals surface area contributed by atoms with Gasteiger partial charge in [0.1, 0.15) is 0 Å². The summed E-state index contributed by atoms with van der Waals surface area (Å²) < 4.78 is 2.03. The Morgan fingerprint density at radius 1 is 1.31 bits per heavy atom. The summed E-state index contributed by atoms with van der Waals surface area (Å²) in [7, 11) is 0. The maximum atomic E-state index is 4.16. The van der Waals surface area contributed by atoms with Gasteiger partial charge in [-0.3, -0.25) is 10.1 Å². The number of aryl methyl sites for hydroxylation is 2. The third-order valence-corrected chi connectivity index (χ3v) is 2.59. The minimum atomic E-state index is 0.919. The zero-order valence-electron chi connectivity index (χ0n) is 7.61. The lowest BCUT2D eigenvalue weighted by atomic mass is 10.5. The van der Waals surface area contributed by atoms with Crippen LogP contribution in [0.25, 0.3) is 0 Å². The van der Waals surface area contributed by atoms with E-state index in [9.17, 15) is 0 Å². The minimum absolute atomic E-state index is 0.919. The summed E-state index contributed by atoms with van der Waals surface area (Å²) in [5, 5.41) is 2.87. The van der Waals surface area contributed by atoms with Gasteiger partial charge in [-0.2, -0.15) is 0 Å². The second-order valence-corrected chi connectivity index (χ2v) is 3.80. The zero-order valence-corrected chi connectivity index (χ0v) is 8.43. The Kier molecular flexibility index (Phi) is 2.06. The smallest absolute Gasteiger partial charge is 0.201 e. The number of nitrogens with zero attached hydrogens (tertiary/aromatic N) is 2. The Hall–Kier alpha value is -1.29. The minimum Gasteiger partial charge on any atom is -0.269 e. The van der Waals surface area contributed by atoms with Gasteiger partial charge in [0, 0.05) is 23.0 Å². The zero-order chi connectivity index (χ0) is 9.26. The van der Waals surface area contributed by atoms with Crippen molar-refractivity contribution in [1.29, 1.82) is 0 Å². The van der Waals surface area contributed by atoms with Crippen LogP contribution in [0, 0.1) is 13.8 Å². The third-order valence-electron chi connectivity index (χ3n) is 1.91. The van der Waals surface area contributed by atoms with E-state index in [1.807, 2.05) is 10.1 Å². The van der Waals surface area contributed by atoms with Gasteiger partial charge in [-0.05, 0) is 26.0 Å². The van der Waals surface area contributed by atoms with Gasteiger partial charge in [0.25, 0.3) is 0 Å². The molecule has 0 aliphatic rings. The molecule has 0 aromatic carbocycles. The van der Waals surface area contributed by atoms with E-state index in [1.54, 1.807) is 17.5 Å². The number of nitrogens with one attached hydrogen (secondary N) is 1. The second-order valence-electron chi connectivity index (χ2n) is 2.90. The average Bonchev–Trinajstić information content (AvgIpc) is 2.70. The van der Waals surface area contributed by atoms with Crippen LogP contribution in [-0.2, 0) is 0 Å². The highest BCUT2D eigenvalue weighted by atomic mass is 32.1. The summed E-state index contributed by atoms with van der Waals surface area (Å²) in [5.41, 5.74) is 5.60. The van der Waals surface area contributed by atoms with Gasteiger partial charge < -0.3 is 0 Å². The molecule has 4 heteroatoms. The molecule has 0 radical (unpaired) electrons. The highest BCUT2D eigenvalue weighted by Crippen LogP contribution is 2.13. The van der Waals surface area contributed by atoms with E-state index >= 15 is 0 Å². The number of hydrogen-bond donors (Lipinski definition) is 1. The Balaban J connectivity index is 2.27. The lowest BCUT2D eigenvalue weighted by molar-refractivity contribution is 0.878. The predicted octanol–water partition coefficient (Wildman–Crippen LogP) is 2.44. The topological polar surface area (TPSA) is 29.9 Å². The fourth-order valence-electron chi connectivity index (χ4n) is 1.22. The van der Waals surface area contributed by atoms with Crippen molar-refractivity contribution in [2.75, 3.05) is 5.43 Å². The maximum Gasteiger partial charge on any atom is 0.201 e. The number of rotatable bonds is 2.